The van der Waals surface area contributed by atoms with E-state index in [9.17, 15) is 9.59 Å². The molecule has 2 aromatic carbocycles. The van der Waals surface area contributed by atoms with Crippen molar-refractivity contribution in [2.45, 2.75) is 25.8 Å². The van der Waals surface area contributed by atoms with Crippen molar-refractivity contribution in [2.24, 2.45) is 5.92 Å². The van der Waals surface area contributed by atoms with Crippen LogP contribution < -0.4 is 5.32 Å². The van der Waals surface area contributed by atoms with Crippen molar-refractivity contribution in [1.29, 1.82) is 0 Å². The maximum absolute atomic E-state index is 12.9. The normalized spacial score (nSPS) is 16.7. The van der Waals surface area contributed by atoms with Gasteiger partial charge in [0.15, 0.2) is 0 Å². The van der Waals surface area contributed by atoms with Crippen LogP contribution >= 0.6 is 11.6 Å². The monoisotopic (exact) mass is 409 g/mol. The summed E-state index contributed by atoms with van der Waals surface area (Å²) in [6.45, 7) is 1.63. The molecule has 0 radical (unpaired) electrons. The van der Waals surface area contributed by atoms with E-state index in [2.05, 4.69) is 10.3 Å². The molecule has 150 valence electrons. The molecule has 2 heterocycles. The van der Waals surface area contributed by atoms with Gasteiger partial charge in [0.1, 0.15) is 0 Å². The number of aromatic nitrogens is 1. The Kier molecular flexibility index (Phi) is 5.86. The number of H-pyrrole nitrogens is 1. The number of fused-ring (bicyclic) bond motifs is 1. The van der Waals surface area contributed by atoms with E-state index in [1.807, 2.05) is 59.6 Å². The van der Waals surface area contributed by atoms with Crippen molar-refractivity contribution in [3.8, 4) is 0 Å². The Bertz CT molecular complexity index is 1030. The van der Waals surface area contributed by atoms with Crippen molar-refractivity contribution in [3.05, 3.63) is 70.9 Å². The summed E-state index contributed by atoms with van der Waals surface area (Å²) in [6, 6.07) is 15.4. The lowest BCUT2D eigenvalue weighted by Crippen LogP contribution is -2.45. The van der Waals surface area contributed by atoms with E-state index in [0.29, 0.717) is 31.1 Å². The molecule has 0 unspecified atom stereocenters. The fraction of sp³-hybridized carbons (Fsp3) is 0.304. The lowest BCUT2D eigenvalue weighted by Gasteiger charge is -2.32. The number of aromatic amines is 1. The predicted octanol–water partition coefficient (Wildman–Crippen LogP) is 3.92. The molecule has 4 rings (SSSR count). The molecule has 0 spiro atoms. The van der Waals surface area contributed by atoms with Crippen LogP contribution in [0.3, 0.4) is 0 Å². The van der Waals surface area contributed by atoms with Gasteiger partial charge in [-0.1, -0.05) is 41.9 Å². The number of nitrogens with one attached hydrogen (secondary N) is 2. The van der Waals surface area contributed by atoms with Crippen molar-refractivity contribution >= 4 is 34.3 Å². The fourth-order valence-corrected chi connectivity index (χ4v) is 4.16. The molecule has 0 aliphatic carbocycles. The van der Waals surface area contributed by atoms with Crippen LogP contribution in [0.2, 0.25) is 5.02 Å². The first-order chi connectivity index (χ1) is 14.1. The zero-order valence-corrected chi connectivity index (χ0v) is 16.9. The van der Waals surface area contributed by atoms with Gasteiger partial charge in [-0.3, -0.25) is 9.59 Å². The summed E-state index contributed by atoms with van der Waals surface area (Å²) in [5, 5.41) is 4.72. The second-order valence-electron chi connectivity index (χ2n) is 7.56. The molecule has 0 saturated carbocycles. The van der Waals surface area contributed by atoms with Gasteiger partial charge in [-0.25, -0.2) is 0 Å². The SMILES string of the molecule is O=C(NCc1cccc(Cl)c1)[C@H]1CCCN(C(=O)Cc2c[nH]c3ccccc23)C1. The molecule has 0 bridgehead atoms. The van der Waals surface area contributed by atoms with E-state index in [1.54, 1.807) is 0 Å². The van der Waals surface area contributed by atoms with E-state index in [1.165, 1.54) is 0 Å². The number of nitrogens with zero attached hydrogens (tertiary/aromatic N) is 1. The number of hydrogen-bond donors (Lipinski definition) is 2. The molecule has 1 aliphatic rings. The van der Waals surface area contributed by atoms with Gasteiger partial charge < -0.3 is 15.2 Å². The molecule has 1 atom stereocenters. The lowest BCUT2D eigenvalue weighted by molar-refractivity contribution is -0.135. The molecule has 1 aromatic heterocycles. The van der Waals surface area contributed by atoms with E-state index in [0.717, 1.165) is 34.9 Å². The maximum atomic E-state index is 12.9. The molecule has 6 heteroatoms. The number of carbonyl (C=O) groups is 2. The standard InChI is InChI=1S/C23H24ClN3O2/c24-19-7-3-5-16(11-19)13-26-23(29)17-6-4-10-27(15-17)22(28)12-18-14-25-21-9-2-1-8-20(18)21/h1-3,5,7-9,11,14,17,25H,4,6,10,12-13,15H2,(H,26,29)/t17-/m0/s1. The highest BCUT2D eigenvalue weighted by atomic mass is 35.5. The minimum absolute atomic E-state index is 0.00503. The number of rotatable bonds is 5. The Balaban J connectivity index is 1.34. The van der Waals surface area contributed by atoms with E-state index < -0.39 is 0 Å². The summed E-state index contributed by atoms with van der Waals surface area (Å²) < 4.78 is 0. The third-order valence-electron chi connectivity index (χ3n) is 5.52. The molecule has 29 heavy (non-hydrogen) atoms. The van der Waals surface area contributed by atoms with Gasteiger partial charge in [-0.2, -0.15) is 0 Å². The molecule has 3 aromatic rings. The molecular formula is C23H24ClN3O2. The van der Waals surface area contributed by atoms with Gasteiger partial charge in [0.2, 0.25) is 11.8 Å². The highest BCUT2D eigenvalue weighted by Crippen LogP contribution is 2.21. The summed E-state index contributed by atoms with van der Waals surface area (Å²) in [5.74, 6) is -0.105. The number of piperidine rings is 1. The third-order valence-corrected chi connectivity index (χ3v) is 5.75. The Labute approximate surface area is 175 Å². The van der Waals surface area contributed by atoms with Crippen molar-refractivity contribution in [2.75, 3.05) is 13.1 Å². The topological polar surface area (TPSA) is 65.2 Å². The summed E-state index contributed by atoms with van der Waals surface area (Å²) in [7, 11) is 0. The number of hydrogen-bond acceptors (Lipinski definition) is 2. The van der Waals surface area contributed by atoms with E-state index in [-0.39, 0.29) is 17.7 Å². The van der Waals surface area contributed by atoms with Gasteiger partial charge in [-0.15, -0.1) is 0 Å². The van der Waals surface area contributed by atoms with Crippen molar-refractivity contribution < 1.29 is 9.59 Å². The zero-order chi connectivity index (χ0) is 20.2. The highest BCUT2D eigenvalue weighted by Gasteiger charge is 2.28. The average Bonchev–Trinajstić information content (AvgIpc) is 3.15. The van der Waals surface area contributed by atoms with Crippen LogP contribution in [0.4, 0.5) is 0 Å². The number of benzene rings is 2. The van der Waals surface area contributed by atoms with Crippen LogP contribution in [0.15, 0.2) is 54.7 Å². The molecule has 2 N–H and O–H groups in total. The van der Waals surface area contributed by atoms with Gasteiger partial charge in [0.05, 0.1) is 12.3 Å². The van der Waals surface area contributed by atoms with Crippen LogP contribution in [-0.2, 0) is 22.6 Å². The van der Waals surface area contributed by atoms with Crippen LogP contribution in [0.5, 0.6) is 0 Å². The van der Waals surface area contributed by atoms with Crippen molar-refractivity contribution in [1.82, 2.24) is 15.2 Å². The Morgan fingerprint density at radius 1 is 1.17 bits per heavy atom. The Morgan fingerprint density at radius 2 is 2.03 bits per heavy atom. The van der Waals surface area contributed by atoms with Crippen LogP contribution in [0, 0.1) is 5.92 Å². The molecule has 1 fully saturated rings. The largest absolute Gasteiger partial charge is 0.361 e. The summed E-state index contributed by atoms with van der Waals surface area (Å²) in [5.41, 5.74) is 3.00. The van der Waals surface area contributed by atoms with Gasteiger partial charge in [0.25, 0.3) is 0 Å². The minimum Gasteiger partial charge on any atom is -0.361 e. The second-order valence-corrected chi connectivity index (χ2v) is 8.00. The summed E-state index contributed by atoms with van der Waals surface area (Å²) in [6.07, 6.45) is 3.90. The van der Waals surface area contributed by atoms with Gasteiger partial charge >= 0.3 is 0 Å². The number of carbonyl (C=O) groups excluding carboxylic acids is 2. The third kappa shape index (κ3) is 4.62. The smallest absolute Gasteiger partial charge is 0.227 e. The quantitative estimate of drug-likeness (QED) is 0.670. The number of halogens is 1. The molecular weight excluding hydrogens is 386 g/mol. The summed E-state index contributed by atoms with van der Waals surface area (Å²) in [4.78, 5) is 30.5. The van der Waals surface area contributed by atoms with Crippen LogP contribution in [0.25, 0.3) is 10.9 Å². The van der Waals surface area contributed by atoms with E-state index >= 15 is 0 Å². The second kappa shape index (κ2) is 8.70. The maximum Gasteiger partial charge on any atom is 0.227 e. The van der Waals surface area contributed by atoms with Gasteiger partial charge in [0, 0.05) is 41.8 Å². The number of amides is 2. The van der Waals surface area contributed by atoms with Gasteiger partial charge in [-0.05, 0) is 42.2 Å². The molecule has 2 amide bonds. The number of likely N-dealkylation sites (tertiary alicyclic amines) is 1. The molecule has 1 aliphatic heterocycles. The number of para-hydroxylation sites is 1. The average molecular weight is 410 g/mol. The highest BCUT2D eigenvalue weighted by molar-refractivity contribution is 6.30. The first-order valence-electron chi connectivity index (χ1n) is 9.95. The molecule has 1 saturated heterocycles. The predicted molar refractivity (Wildman–Crippen MR) is 115 cm³/mol. The lowest BCUT2D eigenvalue weighted by atomic mass is 9.96. The zero-order valence-electron chi connectivity index (χ0n) is 16.2. The first kappa shape index (κ1) is 19.5. The van der Waals surface area contributed by atoms with Crippen molar-refractivity contribution in [3.63, 3.8) is 0 Å². The summed E-state index contributed by atoms with van der Waals surface area (Å²) >= 11 is 6.00. The van der Waals surface area contributed by atoms with Crippen LogP contribution in [0.1, 0.15) is 24.0 Å². The Morgan fingerprint density at radius 3 is 2.90 bits per heavy atom. The Hall–Kier alpha value is -2.79. The first-order valence-corrected chi connectivity index (χ1v) is 10.3. The van der Waals surface area contributed by atoms with Crippen LogP contribution in [-0.4, -0.2) is 34.8 Å². The minimum atomic E-state index is -0.171. The fourth-order valence-electron chi connectivity index (χ4n) is 3.95. The van der Waals surface area contributed by atoms with E-state index in [4.69, 9.17) is 11.6 Å². The molecule has 5 nitrogen and oxygen atoms in total.